The Balaban J connectivity index is 1.68. The molecule has 4 nitrogen and oxygen atoms in total. The van der Waals surface area contributed by atoms with Gasteiger partial charge in [-0.15, -0.1) is 0 Å². The van der Waals surface area contributed by atoms with E-state index in [2.05, 4.69) is 17.1 Å². The summed E-state index contributed by atoms with van der Waals surface area (Å²) in [5, 5.41) is 0.818. The van der Waals surface area contributed by atoms with Gasteiger partial charge < -0.3 is 4.74 Å². The van der Waals surface area contributed by atoms with Gasteiger partial charge in [-0.25, -0.2) is 0 Å². The van der Waals surface area contributed by atoms with E-state index < -0.39 is 0 Å². The van der Waals surface area contributed by atoms with Crippen molar-refractivity contribution in [2.75, 3.05) is 26.0 Å². The van der Waals surface area contributed by atoms with Crippen LogP contribution in [-0.2, 0) is 6.42 Å². The van der Waals surface area contributed by atoms with Gasteiger partial charge in [-0.3, -0.25) is 14.7 Å². The second-order valence-corrected chi connectivity index (χ2v) is 6.50. The van der Waals surface area contributed by atoms with Crippen LogP contribution in [-0.4, -0.2) is 41.9 Å². The number of benzene rings is 2. The van der Waals surface area contributed by atoms with E-state index in [1.54, 1.807) is 29.8 Å². The molecule has 124 valence electrons. The zero-order valence-corrected chi connectivity index (χ0v) is 14.5. The minimum atomic E-state index is -0.0163. The lowest BCUT2D eigenvalue weighted by Crippen LogP contribution is -2.32. The van der Waals surface area contributed by atoms with Crippen LogP contribution in [0, 0.1) is 0 Å². The summed E-state index contributed by atoms with van der Waals surface area (Å²) in [6, 6.07) is 17.5. The lowest BCUT2D eigenvalue weighted by atomic mass is 10.2. The van der Waals surface area contributed by atoms with Crippen LogP contribution in [0.2, 0.25) is 0 Å². The Morgan fingerprint density at radius 3 is 2.83 bits per heavy atom. The maximum Gasteiger partial charge on any atom is 0.259 e. The number of nitrogens with zero attached hydrogens (tertiary/aromatic N) is 2. The topological polar surface area (TPSA) is 41.9 Å². The van der Waals surface area contributed by atoms with Crippen molar-refractivity contribution < 1.29 is 9.53 Å². The molecule has 0 unspecified atom stereocenters. The van der Waals surface area contributed by atoms with Crippen LogP contribution in [0.1, 0.15) is 15.9 Å². The fourth-order valence-electron chi connectivity index (χ4n) is 2.56. The standard InChI is InChI=1S/C19H20N2O2S/c1-23-17-9-5-8-16(14-17)18(22)21-12-13-24-19(21)20-11-10-15-6-3-2-4-7-15/h2-9,14H,10-13H2,1H3. The number of thioether (sulfide) groups is 1. The van der Waals surface area contributed by atoms with E-state index in [0.29, 0.717) is 24.4 Å². The Labute approximate surface area is 146 Å². The monoisotopic (exact) mass is 340 g/mol. The van der Waals surface area contributed by atoms with Crippen molar-refractivity contribution in [3.8, 4) is 5.75 Å². The average molecular weight is 340 g/mol. The van der Waals surface area contributed by atoms with Crippen molar-refractivity contribution in [3.63, 3.8) is 0 Å². The number of amides is 1. The second-order valence-electron chi connectivity index (χ2n) is 5.44. The van der Waals surface area contributed by atoms with E-state index in [1.165, 1.54) is 5.56 Å². The van der Waals surface area contributed by atoms with Crippen molar-refractivity contribution in [2.45, 2.75) is 6.42 Å². The first kappa shape index (κ1) is 16.6. The molecule has 0 aliphatic carbocycles. The minimum absolute atomic E-state index is 0.0163. The molecule has 1 aliphatic rings. The van der Waals surface area contributed by atoms with Crippen molar-refractivity contribution in [3.05, 3.63) is 65.7 Å². The quantitative estimate of drug-likeness (QED) is 0.837. The Bertz CT molecular complexity index is 731. The van der Waals surface area contributed by atoms with Crippen LogP contribution < -0.4 is 4.74 Å². The molecule has 0 N–H and O–H groups in total. The number of ether oxygens (including phenoxy) is 1. The van der Waals surface area contributed by atoms with Gasteiger partial charge in [0.05, 0.1) is 7.11 Å². The molecule has 1 saturated heterocycles. The minimum Gasteiger partial charge on any atom is -0.497 e. The maximum absolute atomic E-state index is 12.7. The molecular formula is C19H20N2O2S. The Kier molecular flexibility index (Phi) is 5.54. The molecular weight excluding hydrogens is 320 g/mol. The number of hydrogen-bond donors (Lipinski definition) is 0. The third-order valence-corrected chi connectivity index (χ3v) is 4.82. The lowest BCUT2D eigenvalue weighted by Gasteiger charge is -2.16. The predicted octanol–water partition coefficient (Wildman–Crippen LogP) is 3.48. The van der Waals surface area contributed by atoms with E-state index >= 15 is 0 Å². The van der Waals surface area contributed by atoms with Gasteiger partial charge in [-0.1, -0.05) is 48.2 Å². The number of amidine groups is 1. The summed E-state index contributed by atoms with van der Waals surface area (Å²) < 4.78 is 5.20. The number of carbonyl (C=O) groups excluding carboxylic acids is 1. The fraction of sp³-hybridized carbons (Fsp3) is 0.263. The molecule has 1 fully saturated rings. The molecule has 1 heterocycles. The number of carbonyl (C=O) groups is 1. The van der Waals surface area contributed by atoms with Gasteiger partial charge in [0.25, 0.3) is 5.91 Å². The Hall–Kier alpha value is -2.27. The Morgan fingerprint density at radius 2 is 2.04 bits per heavy atom. The van der Waals surface area contributed by atoms with Crippen LogP contribution >= 0.6 is 11.8 Å². The third-order valence-electron chi connectivity index (χ3n) is 3.83. The molecule has 0 bridgehead atoms. The zero-order chi connectivity index (χ0) is 16.8. The van der Waals surface area contributed by atoms with E-state index in [-0.39, 0.29) is 5.91 Å². The number of aliphatic imine (C=N–C) groups is 1. The summed E-state index contributed by atoms with van der Waals surface area (Å²) in [5.74, 6) is 1.56. The largest absolute Gasteiger partial charge is 0.497 e. The van der Waals surface area contributed by atoms with Gasteiger partial charge in [0, 0.05) is 24.4 Å². The number of rotatable bonds is 5. The Morgan fingerprint density at radius 1 is 1.21 bits per heavy atom. The molecule has 0 radical (unpaired) electrons. The highest BCUT2D eigenvalue weighted by atomic mass is 32.2. The molecule has 3 rings (SSSR count). The lowest BCUT2D eigenvalue weighted by molar-refractivity contribution is 0.0859. The average Bonchev–Trinajstić information content (AvgIpc) is 3.10. The zero-order valence-electron chi connectivity index (χ0n) is 13.6. The first-order chi connectivity index (χ1) is 11.8. The first-order valence-electron chi connectivity index (χ1n) is 7.95. The maximum atomic E-state index is 12.7. The van der Waals surface area contributed by atoms with Crippen molar-refractivity contribution >= 4 is 22.8 Å². The smallest absolute Gasteiger partial charge is 0.259 e. The molecule has 0 aromatic heterocycles. The molecule has 0 saturated carbocycles. The summed E-state index contributed by atoms with van der Waals surface area (Å²) in [5.41, 5.74) is 1.89. The van der Waals surface area contributed by atoms with Gasteiger partial charge in [-0.2, -0.15) is 0 Å². The number of hydrogen-bond acceptors (Lipinski definition) is 4. The highest BCUT2D eigenvalue weighted by Gasteiger charge is 2.26. The van der Waals surface area contributed by atoms with E-state index in [4.69, 9.17) is 4.74 Å². The van der Waals surface area contributed by atoms with Gasteiger partial charge in [-0.05, 0) is 30.2 Å². The van der Waals surface area contributed by atoms with Crippen LogP contribution in [0.5, 0.6) is 5.75 Å². The third kappa shape index (κ3) is 3.97. The van der Waals surface area contributed by atoms with Gasteiger partial charge in [0.1, 0.15) is 5.75 Å². The molecule has 1 aliphatic heterocycles. The van der Waals surface area contributed by atoms with E-state index in [0.717, 1.165) is 17.3 Å². The van der Waals surface area contributed by atoms with Crippen molar-refractivity contribution in [1.82, 2.24) is 4.90 Å². The van der Waals surface area contributed by atoms with Crippen LogP contribution in [0.25, 0.3) is 0 Å². The molecule has 2 aromatic rings. The second kappa shape index (κ2) is 8.02. The first-order valence-corrected chi connectivity index (χ1v) is 8.93. The molecule has 2 aromatic carbocycles. The van der Waals surface area contributed by atoms with Gasteiger partial charge in [0.15, 0.2) is 5.17 Å². The fourth-order valence-corrected chi connectivity index (χ4v) is 3.53. The molecule has 24 heavy (non-hydrogen) atoms. The summed E-state index contributed by atoms with van der Waals surface area (Å²) >= 11 is 1.64. The summed E-state index contributed by atoms with van der Waals surface area (Å²) in [6.07, 6.45) is 0.881. The van der Waals surface area contributed by atoms with Gasteiger partial charge >= 0.3 is 0 Å². The van der Waals surface area contributed by atoms with Crippen LogP contribution in [0.3, 0.4) is 0 Å². The normalized spacial score (nSPS) is 15.7. The van der Waals surface area contributed by atoms with E-state index in [1.807, 2.05) is 36.4 Å². The summed E-state index contributed by atoms with van der Waals surface area (Å²) in [4.78, 5) is 19.1. The van der Waals surface area contributed by atoms with Crippen LogP contribution in [0.15, 0.2) is 59.6 Å². The van der Waals surface area contributed by atoms with Crippen LogP contribution in [0.4, 0.5) is 0 Å². The molecule has 0 atom stereocenters. The molecule has 1 amide bonds. The summed E-state index contributed by atoms with van der Waals surface area (Å²) in [7, 11) is 1.60. The molecule has 0 spiro atoms. The number of methoxy groups -OCH3 is 1. The highest BCUT2D eigenvalue weighted by Crippen LogP contribution is 2.22. The van der Waals surface area contributed by atoms with Crippen molar-refractivity contribution in [1.29, 1.82) is 0 Å². The molecule has 5 heteroatoms. The summed E-state index contributed by atoms with van der Waals surface area (Å²) in [6.45, 7) is 1.39. The van der Waals surface area contributed by atoms with E-state index in [9.17, 15) is 4.79 Å². The highest BCUT2D eigenvalue weighted by molar-refractivity contribution is 8.14. The van der Waals surface area contributed by atoms with Crippen molar-refractivity contribution in [2.24, 2.45) is 4.99 Å². The SMILES string of the molecule is COc1cccc(C(=O)N2CCSC2=NCCc2ccccc2)c1. The van der Waals surface area contributed by atoms with Gasteiger partial charge in [0.2, 0.25) is 0 Å². The predicted molar refractivity (Wildman–Crippen MR) is 98.9 cm³/mol.